The van der Waals surface area contributed by atoms with Gasteiger partial charge in [0.1, 0.15) is 5.75 Å². The molecule has 0 aliphatic carbocycles. The summed E-state index contributed by atoms with van der Waals surface area (Å²) >= 11 is 0. The van der Waals surface area contributed by atoms with Crippen LogP contribution in [0.2, 0.25) is 0 Å². The molecule has 0 saturated heterocycles. The number of imidazole rings is 1. The van der Waals surface area contributed by atoms with Crippen molar-refractivity contribution < 1.29 is 4.74 Å². The number of fused-ring (bicyclic) bond motifs is 3. The van der Waals surface area contributed by atoms with Crippen molar-refractivity contribution in [3.63, 3.8) is 0 Å². The van der Waals surface area contributed by atoms with Crippen LogP contribution < -0.4 is 20.9 Å². The van der Waals surface area contributed by atoms with Crippen molar-refractivity contribution in [2.24, 2.45) is 7.05 Å². The molecule has 1 aliphatic heterocycles. The number of anilines is 2. The molecule has 3 aromatic rings. The molecule has 28 heavy (non-hydrogen) atoms. The number of methoxy groups -OCH3 is 1. The Kier molecular flexibility index (Phi) is 4.33. The van der Waals surface area contributed by atoms with E-state index in [1.54, 1.807) is 20.2 Å². The predicted molar refractivity (Wildman–Crippen MR) is 109 cm³/mol. The monoisotopic (exact) mass is 381 g/mol. The molecule has 8 heteroatoms. The van der Waals surface area contributed by atoms with Gasteiger partial charge in [0.15, 0.2) is 11.2 Å². The van der Waals surface area contributed by atoms with E-state index in [4.69, 9.17) is 4.74 Å². The first-order chi connectivity index (χ1) is 13.5. The van der Waals surface area contributed by atoms with Crippen LogP contribution in [0.5, 0.6) is 5.75 Å². The van der Waals surface area contributed by atoms with Crippen LogP contribution in [0.25, 0.3) is 11.2 Å². The lowest BCUT2D eigenvalue weighted by Crippen LogP contribution is -2.39. The number of benzene rings is 1. The predicted octanol–water partition coefficient (Wildman–Crippen LogP) is 1.94. The van der Waals surface area contributed by atoms with E-state index < -0.39 is 0 Å². The Hall–Kier alpha value is -3.29. The zero-order chi connectivity index (χ0) is 20.0. The molecule has 1 aromatic carbocycles. The summed E-state index contributed by atoms with van der Waals surface area (Å²) in [6, 6.07) is 5.96. The molecule has 1 aliphatic rings. The van der Waals surface area contributed by atoms with Crippen molar-refractivity contribution in [3.05, 3.63) is 56.8 Å². The van der Waals surface area contributed by atoms with Crippen LogP contribution in [0.4, 0.5) is 11.6 Å². The standard InChI is InChI=1S/C20H23N5O3/c1-5-6-9-25-18(26)16-17(22(3)20(25)27)21-19-23(10-11-24(16)19)14-12-13(2)7-8-15(14)28-4/h5-8,12H,9-11H2,1-4H3/b6-5+. The van der Waals surface area contributed by atoms with Crippen molar-refractivity contribution in [2.75, 3.05) is 18.6 Å². The fraction of sp³-hybridized carbons (Fsp3) is 0.350. The number of ether oxygens (including phenoxy) is 1. The van der Waals surface area contributed by atoms with Gasteiger partial charge in [0.25, 0.3) is 5.56 Å². The third-order valence-electron chi connectivity index (χ3n) is 5.15. The minimum Gasteiger partial charge on any atom is -0.495 e. The van der Waals surface area contributed by atoms with Gasteiger partial charge in [-0.25, -0.2) is 4.79 Å². The lowest BCUT2D eigenvalue weighted by molar-refractivity contribution is 0.415. The van der Waals surface area contributed by atoms with Crippen molar-refractivity contribution in [1.82, 2.24) is 18.7 Å². The summed E-state index contributed by atoms with van der Waals surface area (Å²) in [6.45, 7) is 5.41. The number of aromatic nitrogens is 4. The van der Waals surface area contributed by atoms with Crippen LogP contribution in [0.15, 0.2) is 39.9 Å². The van der Waals surface area contributed by atoms with Crippen LogP contribution in [-0.4, -0.2) is 32.3 Å². The number of rotatable bonds is 4. The molecule has 0 bridgehead atoms. The van der Waals surface area contributed by atoms with Crippen LogP contribution in [0.1, 0.15) is 12.5 Å². The van der Waals surface area contributed by atoms with E-state index in [0.717, 1.165) is 17.0 Å². The van der Waals surface area contributed by atoms with Gasteiger partial charge in [-0.05, 0) is 31.5 Å². The zero-order valence-corrected chi connectivity index (χ0v) is 16.5. The van der Waals surface area contributed by atoms with Crippen LogP contribution in [0.3, 0.4) is 0 Å². The molecular weight excluding hydrogens is 358 g/mol. The molecule has 146 valence electrons. The second-order valence-electron chi connectivity index (χ2n) is 6.89. The summed E-state index contributed by atoms with van der Waals surface area (Å²) in [7, 11) is 3.29. The molecule has 0 amide bonds. The molecule has 0 spiro atoms. The molecule has 8 nitrogen and oxygen atoms in total. The molecular formula is C20H23N5O3. The topological polar surface area (TPSA) is 74.3 Å². The molecule has 0 atom stereocenters. The molecule has 4 rings (SSSR count). The fourth-order valence-electron chi connectivity index (χ4n) is 3.69. The number of hydrogen-bond donors (Lipinski definition) is 0. The van der Waals surface area contributed by atoms with Crippen molar-refractivity contribution in [1.29, 1.82) is 0 Å². The van der Waals surface area contributed by atoms with Crippen molar-refractivity contribution >= 4 is 22.8 Å². The molecule has 0 saturated carbocycles. The minimum absolute atomic E-state index is 0.244. The number of hydrogen-bond acceptors (Lipinski definition) is 5. The Morgan fingerprint density at radius 2 is 2.04 bits per heavy atom. The van der Waals surface area contributed by atoms with Gasteiger partial charge in [-0.2, -0.15) is 4.98 Å². The first-order valence-electron chi connectivity index (χ1n) is 9.21. The molecule has 0 radical (unpaired) electrons. The van der Waals surface area contributed by atoms with Gasteiger partial charge in [-0.1, -0.05) is 18.2 Å². The third-order valence-corrected chi connectivity index (χ3v) is 5.15. The first-order valence-corrected chi connectivity index (χ1v) is 9.21. The second kappa shape index (κ2) is 6.70. The van der Waals surface area contributed by atoms with Gasteiger partial charge < -0.3 is 14.2 Å². The maximum absolute atomic E-state index is 13.1. The number of aryl methyl sites for hydroxylation is 2. The maximum Gasteiger partial charge on any atom is 0.332 e. The average molecular weight is 381 g/mol. The van der Waals surface area contributed by atoms with Crippen molar-refractivity contribution in [3.8, 4) is 5.75 Å². The lowest BCUT2D eigenvalue weighted by atomic mass is 10.2. The molecule has 0 unspecified atom stereocenters. The molecule has 0 N–H and O–H groups in total. The van der Waals surface area contributed by atoms with Crippen LogP contribution in [-0.2, 0) is 20.1 Å². The highest BCUT2D eigenvalue weighted by molar-refractivity contribution is 5.79. The Balaban J connectivity index is 1.96. The Labute approximate surface area is 161 Å². The van der Waals surface area contributed by atoms with E-state index in [1.807, 2.05) is 47.6 Å². The Bertz CT molecular complexity index is 1220. The normalized spacial score (nSPS) is 13.6. The van der Waals surface area contributed by atoms with Crippen molar-refractivity contribution in [2.45, 2.75) is 26.9 Å². The largest absolute Gasteiger partial charge is 0.495 e. The highest BCUT2D eigenvalue weighted by Gasteiger charge is 2.30. The van der Waals surface area contributed by atoms with E-state index in [2.05, 4.69) is 4.98 Å². The highest BCUT2D eigenvalue weighted by Crippen LogP contribution is 2.37. The first kappa shape index (κ1) is 18.1. The summed E-state index contributed by atoms with van der Waals surface area (Å²) < 4.78 is 10.1. The van der Waals surface area contributed by atoms with Gasteiger partial charge in [-0.3, -0.25) is 13.9 Å². The summed E-state index contributed by atoms with van der Waals surface area (Å²) in [5, 5.41) is 0. The number of nitrogens with zero attached hydrogens (tertiary/aromatic N) is 5. The number of allylic oxidation sites excluding steroid dienone is 2. The second-order valence-corrected chi connectivity index (χ2v) is 6.89. The Morgan fingerprint density at radius 1 is 1.25 bits per heavy atom. The SMILES string of the molecule is C/C=C/Cn1c(=O)c2c(nc3n2CCN3c2cc(C)ccc2OC)n(C)c1=O. The zero-order valence-electron chi connectivity index (χ0n) is 16.5. The molecule has 2 aromatic heterocycles. The van der Waals surface area contributed by atoms with Gasteiger partial charge in [0, 0.05) is 26.7 Å². The van der Waals surface area contributed by atoms with E-state index in [9.17, 15) is 9.59 Å². The van der Waals surface area contributed by atoms with Gasteiger partial charge in [0.05, 0.1) is 12.8 Å². The minimum atomic E-state index is -0.368. The van der Waals surface area contributed by atoms with E-state index >= 15 is 0 Å². The van der Waals surface area contributed by atoms with Gasteiger partial charge in [-0.15, -0.1) is 0 Å². The summed E-state index contributed by atoms with van der Waals surface area (Å²) in [4.78, 5) is 32.4. The maximum atomic E-state index is 13.1. The highest BCUT2D eigenvalue weighted by atomic mass is 16.5. The summed E-state index contributed by atoms with van der Waals surface area (Å²) in [6.07, 6.45) is 3.61. The summed E-state index contributed by atoms with van der Waals surface area (Å²) in [5.74, 6) is 1.39. The quantitative estimate of drug-likeness (QED) is 0.646. The Morgan fingerprint density at radius 3 is 2.75 bits per heavy atom. The fourth-order valence-corrected chi connectivity index (χ4v) is 3.69. The van der Waals surface area contributed by atoms with Gasteiger partial charge >= 0.3 is 5.69 Å². The average Bonchev–Trinajstić information content (AvgIpc) is 3.25. The van der Waals surface area contributed by atoms with Crippen LogP contribution in [0, 0.1) is 6.92 Å². The van der Waals surface area contributed by atoms with Gasteiger partial charge in [0.2, 0.25) is 5.95 Å². The van der Waals surface area contributed by atoms with Crippen LogP contribution >= 0.6 is 0 Å². The third kappa shape index (κ3) is 2.56. The molecule has 3 heterocycles. The smallest absolute Gasteiger partial charge is 0.332 e. The van der Waals surface area contributed by atoms with E-state index in [-0.39, 0.29) is 17.8 Å². The molecule has 0 fully saturated rings. The summed E-state index contributed by atoms with van der Waals surface area (Å²) in [5.41, 5.74) is 2.18. The lowest BCUT2D eigenvalue weighted by Gasteiger charge is -2.19. The van der Waals surface area contributed by atoms with E-state index in [1.165, 1.54) is 9.13 Å². The van der Waals surface area contributed by atoms with E-state index in [0.29, 0.717) is 30.2 Å².